The Balaban J connectivity index is 0.000000332. The average Bonchev–Trinajstić information content (AvgIpc) is 0.865. The molecule has 4 unspecified atom stereocenters. The third kappa shape index (κ3) is 26.2. The van der Waals surface area contributed by atoms with Gasteiger partial charge in [0.2, 0.25) is 0 Å². The van der Waals surface area contributed by atoms with Gasteiger partial charge < -0.3 is 34.9 Å². The van der Waals surface area contributed by atoms with Crippen LogP contribution in [0.3, 0.4) is 0 Å². The van der Waals surface area contributed by atoms with Crippen molar-refractivity contribution in [1.29, 1.82) is 0 Å². The Morgan fingerprint density at radius 3 is 0.692 bits per heavy atom. The van der Waals surface area contributed by atoms with Crippen LogP contribution in [0.15, 0.2) is 128 Å². The molecule has 2 aliphatic rings. The molecule has 0 aliphatic carbocycles. The van der Waals surface area contributed by atoms with Gasteiger partial charge in [-0.2, -0.15) is 0 Å². The molecule has 588 valence electrons. The van der Waals surface area contributed by atoms with Crippen LogP contribution in [0.1, 0.15) is 215 Å². The van der Waals surface area contributed by atoms with Gasteiger partial charge in [-0.15, -0.1) is 0 Å². The summed E-state index contributed by atoms with van der Waals surface area (Å²) >= 11 is 0. The van der Waals surface area contributed by atoms with E-state index in [2.05, 4.69) is 27.7 Å². The van der Waals surface area contributed by atoms with Gasteiger partial charge in [-0.1, -0.05) is 74.2 Å². The molecule has 0 N–H and O–H groups in total. The zero-order valence-corrected chi connectivity index (χ0v) is 66.7. The molecular formula is C82H124BrN12O12+3. The summed E-state index contributed by atoms with van der Waals surface area (Å²) in [5.74, 6) is 0. The highest BCUT2D eigenvalue weighted by molar-refractivity contribution is 5.41. The van der Waals surface area contributed by atoms with Crippen LogP contribution in [0.5, 0.6) is 0 Å². The number of hydrogen-bond donors (Lipinski definition) is 0. The number of aromatic nitrogens is 4. The lowest BCUT2D eigenvalue weighted by Gasteiger charge is -2.38. The summed E-state index contributed by atoms with van der Waals surface area (Å²) < 4.78 is 9.34. The monoisotopic (exact) mass is 1550 g/mol. The van der Waals surface area contributed by atoms with Crippen molar-refractivity contribution in [1.82, 2.24) is 18.3 Å². The Morgan fingerprint density at radius 1 is 0.299 bits per heavy atom. The van der Waals surface area contributed by atoms with Crippen molar-refractivity contribution >= 4 is 22.7 Å². The molecule has 0 fully saturated rings. The molecular weight excluding hydrogens is 1420 g/mol. The van der Waals surface area contributed by atoms with Crippen molar-refractivity contribution in [3.63, 3.8) is 0 Å². The number of nitro benzene ring substituents is 4. The van der Waals surface area contributed by atoms with Gasteiger partial charge in [-0.3, -0.25) is 68.3 Å². The van der Waals surface area contributed by atoms with E-state index in [1.165, 1.54) is 9.13 Å². The smallest absolute Gasteiger partial charge is 0.331 e. The minimum Gasteiger partial charge on any atom is -1.00 e. The van der Waals surface area contributed by atoms with Gasteiger partial charge in [0.25, 0.3) is 33.9 Å². The standard InChI is InChI=1S/2C41H62N6O6.BrH/c2*1-4-46(33-36-22-12-14-24-38(36)44(50)51)28-18-8-6-7-9-19-29-47(5-2,34-37-23-13-15-25-39(37)45(52)53)31-21-11-17-27-43-40(48)32-35(3)42(41(43)49)26-16-10-20-30-46;/h2*12-15,22-25,32H,4-11,16-21,26-31,33-34H2,1-3H3;1H/q2*+2;/p-1. The van der Waals surface area contributed by atoms with E-state index in [9.17, 15) is 59.6 Å². The summed E-state index contributed by atoms with van der Waals surface area (Å²) in [5.41, 5.74) is 4.13. The normalized spacial score (nSPS) is 21.6. The molecule has 0 saturated carbocycles. The van der Waals surface area contributed by atoms with E-state index in [1.807, 2.05) is 62.4 Å². The number of hydrogen-bond acceptors (Lipinski definition) is 12. The van der Waals surface area contributed by atoms with Gasteiger partial charge in [0.05, 0.1) is 120 Å². The zero-order valence-electron chi connectivity index (χ0n) is 65.1. The van der Waals surface area contributed by atoms with E-state index in [-0.39, 0.29) is 81.9 Å². The molecule has 2 aliphatic heterocycles. The third-order valence-electron chi connectivity index (χ3n) is 23.5. The van der Waals surface area contributed by atoms with E-state index in [4.69, 9.17) is 0 Å². The maximum absolute atomic E-state index is 13.6. The van der Waals surface area contributed by atoms with Gasteiger partial charge in [-0.25, -0.2) is 9.59 Å². The number of nitrogens with zero attached hydrogens (tertiary/aromatic N) is 12. The lowest BCUT2D eigenvalue weighted by Crippen LogP contribution is -3.00. The highest BCUT2D eigenvalue weighted by atomic mass is 79.9. The summed E-state index contributed by atoms with van der Waals surface area (Å²) in [5, 5.41) is 47.6. The van der Waals surface area contributed by atoms with Crippen molar-refractivity contribution in [3.8, 4) is 0 Å². The summed E-state index contributed by atoms with van der Waals surface area (Å²) in [4.78, 5) is 99.7. The molecule has 4 aromatic carbocycles. The Hall–Kier alpha value is -7.84. The first kappa shape index (κ1) is 88.1. The van der Waals surface area contributed by atoms with E-state index in [0.717, 1.165) is 260 Å². The highest BCUT2D eigenvalue weighted by Gasteiger charge is 2.34. The summed E-state index contributed by atoms with van der Waals surface area (Å²) in [6.07, 6.45) is 23.5. The average molecular weight is 1550 g/mol. The third-order valence-corrected chi connectivity index (χ3v) is 23.5. The van der Waals surface area contributed by atoms with E-state index in [0.29, 0.717) is 76.6 Å². The minimum absolute atomic E-state index is 0. The quantitative estimate of drug-likeness (QED) is 0.0498. The second-order valence-corrected chi connectivity index (χ2v) is 30.5. The lowest BCUT2D eigenvalue weighted by molar-refractivity contribution is -0.940. The number of rotatable bonds is 16. The van der Waals surface area contributed by atoms with Crippen molar-refractivity contribution in [3.05, 3.63) is 225 Å². The summed E-state index contributed by atoms with van der Waals surface area (Å²) in [6, 6.07) is 31.6. The lowest BCUT2D eigenvalue weighted by atomic mass is 10.1. The first-order chi connectivity index (χ1) is 51.1. The van der Waals surface area contributed by atoms with Crippen LogP contribution in [0.2, 0.25) is 0 Å². The summed E-state index contributed by atoms with van der Waals surface area (Å²) in [7, 11) is 0. The van der Waals surface area contributed by atoms with E-state index in [1.54, 1.807) is 69.8 Å². The Labute approximate surface area is 643 Å². The molecule has 2 aromatic heterocycles. The molecule has 4 heterocycles. The van der Waals surface area contributed by atoms with Crippen molar-refractivity contribution < 1.29 is 54.6 Å². The zero-order chi connectivity index (χ0) is 76.5. The largest absolute Gasteiger partial charge is 1.00 e. The fourth-order valence-corrected chi connectivity index (χ4v) is 16.7. The molecule has 8 rings (SSSR count). The molecule has 0 amide bonds. The van der Waals surface area contributed by atoms with E-state index >= 15 is 0 Å². The number of para-hydroxylation sites is 4. The topological polar surface area (TPSA) is 261 Å². The second kappa shape index (κ2) is 44.6. The minimum atomic E-state index is -0.278. The number of fused-ring (bicyclic) bond motifs is 4. The van der Waals surface area contributed by atoms with Gasteiger partial charge in [-0.05, 0) is 194 Å². The number of benzene rings is 4. The molecule has 0 spiro atoms. The van der Waals surface area contributed by atoms with Crippen LogP contribution in [-0.2, 0) is 52.4 Å². The van der Waals surface area contributed by atoms with Gasteiger partial charge in [0.1, 0.15) is 26.2 Å². The molecule has 25 heteroatoms. The van der Waals surface area contributed by atoms with Crippen LogP contribution < -0.4 is 39.5 Å². The number of aryl methyl sites for hydroxylation is 2. The van der Waals surface area contributed by atoms with Gasteiger partial charge in [0, 0.05) is 74.0 Å². The maximum Gasteiger partial charge on any atom is 0.331 e. The van der Waals surface area contributed by atoms with Gasteiger partial charge in [0.15, 0.2) is 0 Å². The first-order valence-electron chi connectivity index (χ1n) is 40.0. The molecule has 6 aromatic rings. The molecule has 4 bridgehead atoms. The Kier molecular flexibility index (Phi) is 36.7. The SMILES string of the molecule is CC[N+]1(Cc2ccccc2[N+](=O)[O-])CCCCCCCC[N+](CC)(Cc2ccccc2[N+](=O)[O-])CCCCCn2c(=O)cc(C)n(c2=O)CCCCC1.CC[N+]1(Cc2ccccc2[N+](=O)[O-])CCCCCCCC[N+](CC)(Cc2ccccc2[N+](=O)[O-])CCCCCn2c(=O)cc(C)n(c2=O)CCCCC1.[Br-]. The molecule has 4 atom stereocenters. The Bertz CT molecular complexity index is 3810. The van der Waals surface area contributed by atoms with Crippen LogP contribution in [-0.4, -0.2) is 134 Å². The maximum atomic E-state index is 13.6. The molecule has 24 nitrogen and oxygen atoms in total. The molecule has 107 heavy (non-hydrogen) atoms. The van der Waals surface area contributed by atoms with Crippen molar-refractivity contribution in [2.24, 2.45) is 0 Å². The number of nitro groups is 4. The predicted molar refractivity (Wildman–Crippen MR) is 420 cm³/mol. The molecule has 0 saturated heterocycles. The number of quaternary nitrogens is 4. The van der Waals surface area contributed by atoms with Crippen molar-refractivity contribution in [2.75, 3.05) is 78.5 Å². The predicted octanol–water partition coefficient (Wildman–Crippen LogP) is 12.8. The van der Waals surface area contributed by atoms with Crippen LogP contribution in [0, 0.1) is 54.3 Å². The fourth-order valence-electron chi connectivity index (χ4n) is 16.7. The number of halogens is 1. The van der Waals surface area contributed by atoms with Gasteiger partial charge >= 0.3 is 11.4 Å². The Morgan fingerprint density at radius 2 is 0.486 bits per heavy atom. The fraction of sp³-hybridized carbons (Fsp3) is 0.610. The van der Waals surface area contributed by atoms with Crippen LogP contribution in [0.4, 0.5) is 22.7 Å². The second-order valence-electron chi connectivity index (χ2n) is 30.5. The van der Waals surface area contributed by atoms with Crippen LogP contribution >= 0.6 is 0 Å². The van der Waals surface area contributed by atoms with Crippen LogP contribution in [0.25, 0.3) is 0 Å². The first-order valence-corrected chi connectivity index (χ1v) is 40.0. The molecule has 0 radical (unpaired) electrons. The highest BCUT2D eigenvalue weighted by Crippen LogP contribution is 2.31. The summed E-state index contributed by atoms with van der Waals surface area (Å²) in [6.45, 7) is 27.5. The van der Waals surface area contributed by atoms with E-state index < -0.39 is 0 Å². The van der Waals surface area contributed by atoms with Crippen molar-refractivity contribution in [2.45, 2.75) is 248 Å².